The van der Waals surface area contributed by atoms with Gasteiger partial charge in [-0.1, -0.05) is 74.5 Å². The lowest BCUT2D eigenvalue weighted by Crippen LogP contribution is -2.89. The summed E-state index contributed by atoms with van der Waals surface area (Å²) in [6.45, 7) is 4.62. The van der Waals surface area contributed by atoms with E-state index in [0.717, 1.165) is 0 Å². The molecule has 5 N–H and O–H groups in total. The molecule has 2 aromatic rings. The molecule has 4 aliphatic carbocycles. The standard InChI is InChI=1S/C46H54O13/c1-25-22-32-43(52)35(25)55-33(48)17-11-10-16-31(54-39(49)29-12-6-4-7-13-29)28-20-18-27(19-21-28)23-41(3,51)45(53)36-26(2)44(32)34(37-42(24-47,56-37)40(43)50)38(45)58-46(57-36,59-44)30-14-8-5-9-15-30/h4-17,25-28,31-32,34-38,40,47,50-53H,18-24H2,1-3H3/b16-10-,17-11-/t25-,26+,27?,28?,31+,32+,34-,35-,36-,37-,38+,40+,41+,42-,43+,44-,45-,46-/m0/s1. The first kappa shape index (κ1) is 39.6. The lowest BCUT2D eigenvalue weighted by molar-refractivity contribution is -0.595. The van der Waals surface area contributed by atoms with Crippen molar-refractivity contribution in [3.05, 3.63) is 96.1 Å². The van der Waals surface area contributed by atoms with Crippen molar-refractivity contribution < 1.29 is 63.5 Å². The number of allylic oxidation sites excluding steroid dienone is 2. The van der Waals surface area contributed by atoms with Gasteiger partial charge in [0.1, 0.15) is 53.4 Å². The van der Waals surface area contributed by atoms with Crippen LogP contribution in [0.2, 0.25) is 0 Å². The molecule has 13 heteroatoms. The molecule has 13 nitrogen and oxygen atoms in total. The van der Waals surface area contributed by atoms with Gasteiger partial charge in [-0.15, -0.1) is 0 Å². The highest BCUT2D eigenvalue weighted by molar-refractivity contribution is 5.89. The molecule has 316 valence electrons. The maximum atomic E-state index is 13.7. The largest absolute Gasteiger partial charge is 0.456 e. The number of hydrogen-bond acceptors (Lipinski definition) is 13. The van der Waals surface area contributed by atoms with Crippen LogP contribution in [0.3, 0.4) is 0 Å². The molecule has 0 radical (unpaired) electrons. The summed E-state index contributed by atoms with van der Waals surface area (Å²) in [6, 6.07) is 17.8. The Bertz CT molecular complexity index is 2030. The van der Waals surface area contributed by atoms with Gasteiger partial charge in [-0.05, 0) is 81.4 Å². The van der Waals surface area contributed by atoms with Gasteiger partial charge in [0.25, 0.3) is 0 Å². The number of rotatable bonds is 4. The molecule has 16 atom stereocenters. The maximum absolute atomic E-state index is 13.7. The van der Waals surface area contributed by atoms with Crippen LogP contribution in [0.15, 0.2) is 85.0 Å². The van der Waals surface area contributed by atoms with Gasteiger partial charge in [0, 0.05) is 29.4 Å². The Morgan fingerprint density at radius 3 is 2.24 bits per heavy atom. The number of carbonyl (C=O) groups is 2. The summed E-state index contributed by atoms with van der Waals surface area (Å²) in [6.07, 6.45) is 2.22. The van der Waals surface area contributed by atoms with Gasteiger partial charge in [-0.25, -0.2) is 9.59 Å². The van der Waals surface area contributed by atoms with Crippen LogP contribution in [0.4, 0.5) is 0 Å². The normalized spacial score (nSPS) is 51.7. The first-order valence-corrected chi connectivity index (χ1v) is 21.2. The third kappa shape index (κ3) is 5.35. The van der Waals surface area contributed by atoms with Crippen LogP contribution >= 0.6 is 0 Å². The van der Waals surface area contributed by atoms with E-state index in [1.54, 1.807) is 55.5 Å². The average molecular weight is 815 g/mol. The Morgan fingerprint density at radius 2 is 1.54 bits per heavy atom. The van der Waals surface area contributed by atoms with E-state index in [9.17, 15) is 35.1 Å². The Hall–Kier alpha value is -3.50. The number of aliphatic hydroxyl groups excluding tert-OH is 2. The highest BCUT2D eigenvalue weighted by atomic mass is 16.9. The van der Waals surface area contributed by atoms with Crippen LogP contribution in [0.5, 0.6) is 0 Å². The van der Waals surface area contributed by atoms with Crippen molar-refractivity contribution in [3.63, 3.8) is 0 Å². The van der Waals surface area contributed by atoms with Gasteiger partial charge in [0.15, 0.2) is 0 Å². The van der Waals surface area contributed by atoms with Crippen molar-refractivity contribution >= 4 is 11.9 Å². The molecule has 2 aromatic carbocycles. The topological polar surface area (TPSA) is 194 Å². The van der Waals surface area contributed by atoms with Crippen molar-refractivity contribution in [2.45, 2.75) is 130 Å². The smallest absolute Gasteiger partial charge is 0.338 e. The van der Waals surface area contributed by atoms with E-state index in [-0.39, 0.29) is 24.7 Å². The summed E-state index contributed by atoms with van der Waals surface area (Å²) in [4.78, 5) is 27.0. The number of benzene rings is 2. The number of carbonyl (C=O) groups excluding carboxylic acids is 2. The van der Waals surface area contributed by atoms with Crippen molar-refractivity contribution in [2.24, 2.45) is 35.5 Å². The number of ether oxygens (including phenoxy) is 6. The number of fused-ring (bicyclic) bond motifs is 8. The number of hydrogen-bond donors (Lipinski definition) is 5. The van der Waals surface area contributed by atoms with Crippen LogP contribution < -0.4 is 0 Å². The van der Waals surface area contributed by atoms with Crippen LogP contribution in [0, 0.1) is 35.5 Å². The highest BCUT2D eigenvalue weighted by Crippen LogP contribution is 2.75. The molecule has 6 aliphatic heterocycles. The predicted molar refractivity (Wildman–Crippen MR) is 207 cm³/mol. The van der Waals surface area contributed by atoms with Gasteiger partial charge in [-0.2, -0.15) is 0 Å². The molecule has 4 saturated heterocycles. The first-order valence-electron chi connectivity index (χ1n) is 21.2. The van der Waals surface area contributed by atoms with E-state index in [2.05, 4.69) is 0 Å². The molecular weight excluding hydrogens is 760 g/mol. The summed E-state index contributed by atoms with van der Waals surface area (Å²) in [5.41, 5.74) is -8.37. The van der Waals surface area contributed by atoms with E-state index in [4.69, 9.17) is 28.4 Å². The molecule has 6 heterocycles. The van der Waals surface area contributed by atoms with E-state index in [0.29, 0.717) is 36.8 Å². The zero-order valence-corrected chi connectivity index (χ0v) is 33.5. The minimum atomic E-state index is -2.22. The molecule has 8 fully saturated rings. The molecule has 0 aromatic heterocycles. The second-order valence-corrected chi connectivity index (χ2v) is 18.9. The second-order valence-electron chi connectivity index (χ2n) is 18.9. The second kappa shape index (κ2) is 13.5. The molecule has 0 amide bonds. The molecular formula is C46H54O13. The highest BCUT2D eigenvalue weighted by Gasteiger charge is 2.91. The van der Waals surface area contributed by atoms with E-state index >= 15 is 0 Å². The molecule has 1 spiro atoms. The summed E-state index contributed by atoms with van der Waals surface area (Å²) in [5.74, 6) is -6.38. The summed E-state index contributed by atoms with van der Waals surface area (Å²) in [7, 11) is 0. The Morgan fingerprint density at radius 1 is 0.864 bits per heavy atom. The zero-order chi connectivity index (χ0) is 41.3. The fraction of sp³-hybridized carbons (Fsp3) is 0.609. The van der Waals surface area contributed by atoms with Crippen LogP contribution in [0.25, 0.3) is 0 Å². The van der Waals surface area contributed by atoms with Crippen molar-refractivity contribution in [1.82, 2.24) is 0 Å². The van der Waals surface area contributed by atoms with Gasteiger partial charge in [-0.3, -0.25) is 0 Å². The monoisotopic (exact) mass is 814 g/mol. The van der Waals surface area contributed by atoms with Crippen LogP contribution in [-0.2, 0) is 39.2 Å². The van der Waals surface area contributed by atoms with Gasteiger partial charge < -0.3 is 54.0 Å². The maximum Gasteiger partial charge on any atom is 0.338 e. The third-order valence-corrected chi connectivity index (χ3v) is 15.9. The van der Waals surface area contributed by atoms with Gasteiger partial charge in [0.2, 0.25) is 0 Å². The summed E-state index contributed by atoms with van der Waals surface area (Å²) >= 11 is 0. The van der Waals surface area contributed by atoms with E-state index in [1.807, 2.05) is 38.1 Å². The minimum absolute atomic E-state index is 0.0352. The van der Waals surface area contributed by atoms with Crippen LogP contribution in [-0.4, -0.2) is 109 Å². The fourth-order valence-corrected chi connectivity index (χ4v) is 13.0. The SMILES string of the molecule is C[C@@H]1[C@@H]2O[C@@]3(c4ccccc4)O[C@@H]4[C@@H]5[C@@H]6O[C@]6(CO)[C@@H](O)[C@@]6(O)[C@@H](C[C@H](C)[C@@H]6OC(=O)/C=C\C=C/[C@@H](OC(=O)c6ccccc6)C6CCC(CC6)C[C@@](C)(O)[C@@]42O)[C@]51O3. The van der Waals surface area contributed by atoms with E-state index in [1.165, 1.54) is 12.2 Å². The van der Waals surface area contributed by atoms with Gasteiger partial charge in [0.05, 0.1) is 23.4 Å². The van der Waals surface area contributed by atoms with Crippen molar-refractivity contribution in [3.8, 4) is 0 Å². The van der Waals surface area contributed by atoms with Crippen LogP contribution in [0.1, 0.15) is 75.2 Å². The number of epoxide rings is 1. The lowest BCUT2D eigenvalue weighted by Gasteiger charge is -2.74. The molecule has 10 aliphatic rings. The number of esters is 2. The fourth-order valence-electron chi connectivity index (χ4n) is 13.0. The summed E-state index contributed by atoms with van der Waals surface area (Å²) in [5, 5.41) is 63.2. The molecule has 4 saturated carbocycles. The Balaban J connectivity index is 1.11. The zero-order valence-electron chi connectivity index (χ0n) is 33.5. The summed E-state index contributed by atoms with van der Waals surface area (Å²) < 4.78 is 39.5. The van der Waals surface area contributed by atoms with Gasteiger partial charge >= 0.3 is 17.9 Å². The first-order chi connectivity index (χ1) is 28.2. The predicted octanol–water partition coefficient (Wildman–Crippen LogP) is 3.45. The lowest BCUT2D eigenvalue weighted by atomic mass is 9.49. The Labute approximate surface area is 342 Å². The average Bonchev–Trinajstić information content (AvgIpc) is 3.92. The third-order valence-electron chi connectivity index (χ3n) is 15.9. The van der Waals surface area contributed by atoms with E-state index < -0.39 is 113 Å². The number of aliphatic hydroxyl groups is 5. The molecule has 12 rings (SSSR count). The van der Waals surface area contributed by atoms with Crippen molar-refractivity contribution in [1.29, 1.82) is 0 Å². The molecule has 10 bridgehead atoms. The van der Waals surface area contributed by atoms with Crippen molar-refractivity contribution in [2.75, 3.05) is 6.61 Å². The quantitative estimate of drug-likeness (QED) is 0.223. The minimum Gasteiger partial charge on any atom is -0.456 e. The Kier molecular flexibility index (Phi) is 9.07. The molecule has 59 heavy (non-hydrogen) atoms. The molecule has 0 unspecified atom stereocenters.